The van der Waals surface area contributed by atoms with E-state index in [0.29, 0.717) is 11.8 Å². The molecule has 0 saturated carbocycles. The minimum Gasteiger partial charge on any atom is -0.497 e. The van der Waals surface area contributed by atoms with Crippen molar-refractivity contribution in [2.75, 3.05) is 32.5 Å². The average Bonchev–Trinajstić information content (AvgIpc) is 3.30. The number of hydrogen-bond acceptors (Lipinski definition) is 6. The third kappa shape index (κ3) is 7.23. The van der Waals surface area contributed by atoms with Crippen molar-refractivity contribution in [2.45, 2.75) is 50.0 Å². The summed E-state index contributed by atoms with van der Waals surface area (Å²) in [5.41, 5.74) is 2.31. The number of methoxy groups -OCH3 is 1. The molecule has 0 unspecified atom stereocenters. The van der Waals surface area contributed by atoms with Crippen molar-refractivity contribution in [1.82, 2.24) is 19.4 Å². The highest BCUT2D eigenvalue weighted by Gasteiger charge is 2.29. The lowest BCUT2D eigenvalue weighted by molar-refractivity contribution is -0.137. The zero-order valence-corrected chi connectivity index (χ0v) is 22.3. The van der Waals surface area contributed by atoms with Gasteiger partial charge >= 0.3 is 5.97 Å². The van der Waals surface area contributed by atoms with Crippen LogP contribution in [0.3, 0.4) is 0 Å². The summed E-state index contributed by atoms with van der Waals surface area (Å²) in [6.07, 6.45) is 12.2. The number of likely N-dealkylation sites (tertiary alicyclic amines) is 1. The summed E-state index contributed by atoms with van der Waals surface area (Å²) < 4.78 is 7.48. The minimum atomic E-state index is -0.685. The molecule has 4 rings (SSSR count). The summed E-state index contributed by atoms with van der Waals surface area (Å²) in [5, 5.41) is 11.7. The lowest BCUT2D eigenvalue weighted by Crippen LogP contribution is -2.41. The number of rotatable bonds is 13. The van der Waals surface area contributed by atoms with Crippen molar-refractivity contribution in [2.24, 2.45) is 18.9 Å². The first-order valence-electron chi connectivity index (χ1n) is 13.0. The smallest absolute Gasteiger partial charge is 0.303 e. The van der Waals surface area contributed by atoms with Gasteiger partial charge in [0.2, 0.25) is 0 Å². The van der Waals surface area contributed by atoms with E-state index < -0.39 is 5.97 Å². The molecule has 0 amide bonds. The highest BCUT2D eigenvalue weighted by atomic mass is 32.2. The van der Waals surface area contributed by atoms with E-state index in [1.165, 1.54) is 10.6 Å². The Morgan fingerprint density at radius 1 is 1.22 bits per heavy atom. The Kier molecular flexibility index (Phi) is 9.64. The summed E-state index contributed by atoms with van der Waals surface area (Å²) in [6, 6.07) is 8.18. The molecule has 194 valence electrons. The zero-order valence-electron chi connectivity index (χ0n) is 21.4. The van der Waals surface area contributed by atoms with Crippen LogP contribution in [-0.4, -0.2) is 63.0 Å². The van der Waals surface area contributed by atoms with Gasteiger partial charge < -0.3 is 19.3 Å². The maximum absolute atomic E-state index is 11.3. The number of ether oxygens (including phenoxy) is 1. The summed E-state index contributed by atoms with van der Waals surface area (Å²) in [6.45, 7) is 3.20. The van der Waals surface area contributed by atoms with Crippen LogP contribution < -0.4 is 4.74 Å². The van der Waals surface area contributed by atoms with E-state index in [0.717, 1.165) is 80.6 Å². The van der Waals surface area contributed by atoms with Crippen LogP contribution in [0.4, 0.5) is 0 Å². The molecule has 1 fully saturated rings. The summed E-state index contributed by atoms with van der Waals surface area (Å²) in [5.74, 6) is 2.29. The number of piperidine rings is 1. The Labute approximate surface area is 218 Å². The first kappa shape index (κ1) is 26.5. The summed E-state index contributed by atoms with van der Waals surface area (Å²) in [4.78, 5) is 22.6. The average molecular weight is 511 g/mol. The summed E-state index contributed by atoms with van der Waals surface area (Å²) in [7, 11) is 3.72. The molecule has 3 aromatic rings. The Morgan fingerprint density at radius 3 is 2.89 bits per heavy atom. The van der Waals surface area contributed by atoms with Crippen LogP contribution in [0.15, 0.2) is 48.0 Å². The standard InChI is InChI=1S/C28H38N4O3S/c1-31-20-29-18-27(31)36-16-4-14-32-15-12-21(23(19-32)7-10-28(33)34)5-3-6-22-11-13-30-26-9-8-24(35-2)17-25(22)26/h8-9,11,13,17-18,20-21,23H,3-7,10,12,14-16,19H2,1-2H3,(H,33,34)/t21-,23+/m1/s1. The fourth-order valence-corrected chi connectivity index (χ4v) is 6.27. The Hall–Kier alpha value is -2.58. The van der Waals surface area contributed by atoms with Gasteiger partial charge in [-0.2, -0.15) is 0 Å². The Bertz CT molecular complexity index is 1130. The topological polar surface area (TPSA) is 80.5 Å². The normalized spacial score (nSPS) is 18.5. The van der Waals surface area contributed by atoms with Gasteiger partial charge in [0.25, 0.3) is 0 Å². The summed E-state index contributed by atoms with van der Waals surface area (Å²) >= 11 is 1.85. The van der Waals surface area contributed by atoms with Crippen molar-refractivity contribution < 1.29 is 14.6 Å². The molecular formula is C28H38N4O3S. The van der Waals surface area contributed by atoms with Gasteiger partial charge in [0.1, 0.15) is 5.75 Å². The molecule has 1 aliphatic heterocycles. The van der Waals surface area contributed by atoms with Gasteiger partial charge in [-0.3, -0.25) is 9.78 Å². The number of thioether (sulfide) groups is 1. The number of carbonyl (C=O) groups is 1. The number of imidazole rings is 1. The quantitative estimate of drug-likeness (QED) is 0.247. The van der Waals surface area contributed by atoms with Crippen molar-refractivity contribution in [1.29, 1.82) is 0 Å². The number of pyridine rings is 1. The second kappa shape index (κ2) is 13.1. The molecule has 1 aliphatic rings. The number of aromatic nitrogens is 3. The van der Waals surface area contributed by atoms with Crippen LogP contribution in [0.5, 0.6) is 5.75 Å². The fourth-order valence-electron chi connectivity index (χ4n) is 5.41. The van der Waals surface area contributed by atoms with Gasteiger partial charge in [-0.25, -0.2) is 4.98 Å². The highest BCUT2D eigenvalue weighted by molar-refractivity contribution is 7.99. The van der Waals surface area contributed by atoms with Crippen molar-refractivity contribution >= 4 is 28.6 Å². The Morgan fingerprint density at radius 2 is 2.11 bits per heavy atom. The molecule has 0 bridgehead atoms. The number of aryl methyl sites for hydroxylation is 2. The number of nitrogens with zero attached hydrogens (tertiary/aromatic N) is 4. The van der Waals surface area contributed by atoms with Crippen LogP contribution in [0, 0.1) is 11.8 Å². The van der Waals surface area contributed by atoms with Gasteiger partial charge in [-0.15, -0.1) is 11.8 Å². The predicted octanol–water partition coefficient (Wildman–Crippen LogP) is 5.28. The molecular weight excluding hydrogens is 472 g/mol. The van der Waals surface area contributed by atoms with Gasteiger partial charge in [-0.05, 0) is 93.3 Å². The van der Waals surface area contributed by atoms with E-state index in [2.05, 4.69) is 31.6 Å². The molecule has 2 aromatic heterocycles. The SMILES string of the molecule is COc1ccc2nccc(CCC[C@@H]3CCN(CCCSc4cncn4C)C[C@@H]3CCC(=O)O)c2c1. The second-order valence-electron chi connectivity index (χ2n) is 9.83. The van der Waals surface area contributed by atoms with Crippen molar-refractivity contribution in [3.63, 3.8) is 0 Å². The van der Waals surface area contributed by atoms with Crippen LogP contribution >= 0.6 is 11.8 Å². The molecule has 8 heteroatoms. The van der Waals surface area contributed by atoms with Crippen molar-refractivity contribution in [3.8, 4) is 5.75 Å². The molecule has 1 aromatic carbocycles. The maximum atomic E-state index is 11.3. The third-order valence-electron chi connectivity index (χ3n) is 7.41. The van der Waals surface area contributed by atoms with E-state index in [4.69, 9.17) is 4.74 Å². The van der Waals surface area contributed by atoms with Gasteiger partial charge in [-0.1, -0.05) is 0 Å². The van der Waals surface area contributed by atoms with Gasteiger partial charge in [0.05, 0.1) is 30.2 Å². The molecule has 3 heterocycles. The fraction of sp³-hybridized carbons (Fsp3) is 0.536. The largest absolute Gasteiger partial charge is 0.497 e. The second-order valence-corrected chi connectivity index (χ2v) is 10.9. The lowest BCUT2D eigenvalue weighted by atomic mass is 9.79. The van der Waals surface area contributed by atoms with Crippen molar-refractivity contribution in [3.05, 3.63) is 48.5 Å². The molecule has 2 atom stereocenters. The first-order valence-corrected chi connectivity index (χ1v) is 14.0. The molecule has 36 heavy (non-hydrogen) atoms. The zero-order chi connectivity index (χ0) is 25.3. The molecule has 0 spiro atoms. The molecule has 1 N–H and O–H groups in total. The first-order chi connectivity index (χ1) is 17.5. The molecule has 1 saturated heterocycles. The minimum absolute atomic E-state index is 0.264. The van der Waals surface area contributed by atoms with Gasteiger partial charge in [0.15, 0.2) is 0 Å². The number of carboxylic acids is 1. The van der Waals surface area contributed by atoms with Crippen LogP contribution in [-0.2, 0) is 18.3 Å². The Balaban J connectivity index is 1.29. The predicted molar refractivity (Wildman–Crippen MR) is 145 cm³/mol. The van der Waals surface area contributed by atoms with Crippen LogP contribution in [0.25, 0.3) is 10.9 Å². The van der Waals surface area contributed by atoms with Crippen LogP contribution in [0.2, 0.25) is 0 Å². The number of carboxylic acid groups (broad SMARTS) is 1. The van der Waals surface area contributed by atoms with E-state index in [-0.39, 0.29) is 6.42 Å². The number of benzene rings is 1. The van der Waals surface area contributed by atoms with E-state index in [1.807, 2.05) is 49.7 Å². The monoisotopic (exact) mass is 510 g/mol. The highest BCUT2D eigenvalue weighted by Crippen LogP contribution is 2.32. The van der Waals surface area contributed by atoms with E-state index >= 15 is 0 Å². The number of fused-ring (bicyclic) bond motifs is 1. The maximum Gasteiger partial charge on any atom is 0.303 e. The molecule has 0 aliphatic carbocycles. The third-order valence-corrected chi connectivity index (χ3v) is 8.59. The number of aliphatic carboxylic acids is 1. The van der Waals surface area contributed by atoms with Gasteiger partial charge in [0, 0.05) is 37.3 Å². The van der Waals surface area contributed by atoms with E-state index in [1.54, 1.807) is 7.11 Å². The molecule has 7 nitrogen and oxygen atoms in total. The van der Waals surface area contributed by atoms with Crippen LogP contribution in [0.1, 0.15) is 44.1 Å². The lowest BCUT2D eigenvalue weighted by Gasteiger charge is -2.39. The van der Waals surface area contributed by atoms with E-state index in [9.17, 15) is 9.90 Å². The number of hydrogen-bond donors (Lipinski definition) is 1. The molecule has 0 radical (unpaired) electrons.